The van der Waals surface area contributed by atoms with Crippen molar-refractivity contribution in [1.82, 2.24) is 0 Å². The molecule has 0 amide bonds. The van der Waals surface area contributed by atoms with E-state index >= 15 is 0 Å². The molecule has 0 aliphatic carbocycles. The Kier molecular flexibility index (Phi) is 5.09. The van der Waals surface area contributed by atoms with Crippen LogP contribution in [-0.4, -0.2) is 5.33 Å². The lowest BCUT2D eigenvalue weighted by Crippen LogP contribution is -1.94. The first kappa shape index (κ1) is 13.4. The van der Waals surface area contributed by atoms with Crippen molar-refractivity contribution >= 4 is 27.5 Å². The fourth-order valence-corrected chi connectivity index (χ4v) is 2.28. The summed E-state index contributed by atoms with van der Waals surface area (Å²) in [5.74, 6) is 1.68. The Hall–Kier alpha value is -0.990. The largest absolute Gasteiger partial charge is 0.457 e. The van der Waals surface area contributed by atoms with E-state index < -0.39 is 0 Å². The molecule has 0 spiro atoms. The summed E-state index contributed by atoms with van der Waals surface area (Å²) in [7, 11) is 0. The molecule has 0 aromatic heterocycles. The summed E-state index contributed by atoms with van der Waals surface area (Å²) in [5.41, 5.74) is 1.07. The molecule has 0 heterocycles. The van der Waals surface area contributed by atoms with Crippen LogP contribution in [0.15, 0.2) is 48.5 Å². The molecular formula is C15H14BrClO. The van der Waals surface area contributed by atoms with Gasteiger partial charge < -0.3 is 4.74 Å². The molecule has 94 valence electrons. The summed E-state index contributed by atoms with van der Waals surface area (Å²) in [6.07, 6.45) is 1.95. The van der Waals surface area contributed by atoms with Crippen LogP contribution in [0.4, 0.5) is 0 Å². The van der Waals surface area contributed by atoms with Crippen LogP contribution in [0, 0.1) is 0 Å². The number of hydrogen-bond donors (Lipinski definition) is 0. The van der Waals surface area contributed by atoms with Crippen LogP contribution < -0.4 is 4.74 Å². The maximum absolute atomic E-state index is 6.24. The molecule has 2 aromatic rings. The van der Waals surface area contributed by atoms with E-state index in [4.69, 9.17) is 16.3 Å². The minimum absolute atomic E-state index is 0.768. The van der Waals surface area contributed by atoms with Gasteiger partial charge in [0.05, 0.1) is 0 Å². The fourth-order valence-electron chi connectivity index (χ4n) is 1.74. The second-order valence-electron chi connectivity index (χ2n) is 3.92. The van der Waals surface area contributed by atoms with Crippen LogP contribution in [0.2, 0.25) is 5.02 Å². The highest BCUT2D eigenvalue weighted by atomic mass is 79.9. The monoisotopic (exact) mass is 324 g/mol. The van der Waals surface area contributed by atoms with E-state index in [0.29, 0.717) is 0 Å². The van der Waals surface area contributed by atoms with Crippen molar-refractivity contribution in [3.8, 4) is 11.5 Å². The van der Waals surface area contributed by atoms with Crippen LogP contribution in [0.5, 0.6) is 11.5 Å². The smallest absolute Gasteiger partial charge is 0.132 e. The number of halogens is 2. The minimum Gasteiger partial charge on any atom is -0.457 e. The van der Waals surface area contributed by atoms with Gasteiger partial charge in [-0.1, -0.05) is 51.8 Å². The Morgan fingerprint density at radius 3 is 2.50 bits per heavy atom. The van der Waals surface area contributed by atoms with Gasteiger partial charge in [0.15, 0.2) is 0 Å². The van der Waals surface area contributed by atoms with Crippen molar-refractivity contribution < 1.29 is 4.74 Å². The Labute approximate surface area is 121 Å². The van der Waals surface area contributed by atoms with E-state index in [0.717, 1.165) is 40.3 Å². The number of para-hydroxylation sites is 1. The van der Waals surface area contributed by atoms with Gasteiger partial charge >= 0.3 is 0 Å². The van der Waals surface area contributed by atoms with Gasteiger partial charge in [0, 0.05) is 15.9 Å². The highest BCUT2D eigenvalue weighted by molar-refractivity contribution is 9.09. The number of hydrogen-bond acceptors (Lipinski definition) is 1. The van der Waals surface area contributed by atoms with E-state index in [1.54, 1.807) is 0 Å². The number of rotatable bonds is 5. The molecule has 0 aliphatic rings. The second-order valence-corrected chi connectivity index (χ2v) is 5.12. The Bertz CT molecular complexity index is 499. The molecule has 0 saturated heterocycles. The third-order valence-corrected chi connectivity index (χ3v) is 3.52. The average molecular weight is 326 g/mol. The predicted molar refractivity (Wildman–Crippen MR) is 80.1 cm³/mol. The normalized spacial score (nSPS) is 10.3. The van der Waals surface area contributed by atoms with Crippen molar-refractivity contribution in [1.29, 1.82) is 0 Å². The number of ether oxygens (including phenoxy) is 1. The quantitative estimate of drug-likeness (QED) is 0.663. The topological polar surface area (TPSA) is 9.23 Å². The second kappa shape index (κ2) is 6.81. The first-order chi connectivity index (χ1) is 8.81. The van der Waals surface area contributed by atoms with Gasteiger partial charge in [-0.3, -0.25) is 0 Å². The Balaban J connectivity index is 2.24. The third-order valence-electron chi connectivity index (χ3n) is 2.61. The third kappa shape index (κ3) is 3.50. The first-order valence-electron chi connectivity index (χ1n) is 5.87. The molecule has 0 fully saturated rings. The Morgan fingerprint density at radius 1 is 1.00 bits per heavy atom. The van der Waals surface area contributed by atoms with Gasteiger partial charge in [0.1, 0.15) is 11.5 Å². The zero-order valence-corrected chi connectivity index (χ0v) is 12.2. The van der Waals surface area contributed by atoms with Crippen LogP contribution in [0.3, 0.4) is 0 Å². The molecule has 18 heavy (non-hydrogen) atoms. The van der Waals surface area contributed by atoms with E-state index in [1.807, 2.05) is 48.5 Å². The molecule has 0 atom stereocenters. The summed E-state index contributed by atoms with van der Waals surface area (Å²) in [4.78, 5) is 0. The first-order valence-corrected chi connectivity index (χ1v) is 7.37. The zero-order valence-electron chi connectivity index (χ0n) is 9.90. The lowest BCUT2D eigenvalue weighted by molar-refractivity contribution is 0.476. The van der Waals surface area contributed by atoms with Crippen molar-refractivity contribution in [3.63, 3.8) is 0 Å². The molecule has 0 radical (unpaired) electrons. The zero-order chi connectivity index (χ0) is 12.8. The molecule has 3 heteroatoms. The van der Waals surface area contributed by atoms with Crippen LogP contribution >= 0.6 is 27.5 Å². The molecule has 1 nitrogen and oxygen atoms in total. The van der Waals surface area contributed by atoms with Crippen molar-refractivity contribution in [2.75, 3.05) is 5.33 Å². The summed E-state index contributed by atoms with van der Waals surface area (Å²) in [6, 6.07) is 15.5. The molecule has 0 bridgehead atoms. The summed E-state index contributed by atoms with van der Waals surface area (Å²) < 4.78 is 5.89. The fraction of sp³-hybridized carbons (Fsp3) is 0.200. The van der Waals surface area contributed by atoms with Gasteiger partial charge in [-0.15, -0.1) is 0 Å². The maximum atomic E-state index is 6.24. The molecular weight excluding hydrogens is 312 g/mol. The van der Waals surface area contributed by atoms with E-state index in [1.165, 1.54) is 0 Å². The van der Waals surface area contributed by atoms with Crippen molar-refractivity contribution in [3.05, 3.63) is 59.1 Å². The van der Waals surface area contributed by atoms with E-state index in [9.17, 15) is 0 Å². The molecule has 2 aromatic carbocycles. The van der Waals surface area contributed by atoms with Gasteiger partial charge in [-0.25, -0.2) is 0 Å². The van der Waals surface area contributed by atoms with Gasteiger partial charge in [0.25, 0.3) is 0 Å². The minimum atomic E-state index is 0.768. The van der Waals surface area contributed by atoms with Gasteiger partial charge in [-0.2, -0.15) is 0 Å². The SMILES string of the molecule is Clc1cccc(Oc2ccccc2)c1CCCBr. The summed E-state index contributed by atoms with van der Waals surface area (Å²) >= 11 is 9.67. The van der Waals surface area contributed by atoms with Crippen molar-refractivity contribution in [2.45, 2.75) is 12.8 Å². The van der Waals surface area contributed by atoms with Gasteiger partial charge in [-0.05, 0) is 37.1 Å². The molecule has 0 aliphatic heterocycles. The molecule has 2 rings (SSSR count). The maximum Gasteiger partial charge on any atom is 0.132 e. The lowest BCUT2D eigenvalue weighted by atomic mass is 10.1. The highest BCUT2D eigenvalue weighted by Crippen LogP contribution is 2.31. The summed E-state index contributed by atoms with van der Waals surface area (Å²) in [6.45, 7) is 0. The average Bonchev–Trinajstić information content (AvgIpc) is 2.39. The standard InChI is InChI=1S/C15H14BrClO/c16-11-5-8-13-14(17)9-4-10-15(13)18-12-6-2-1-3-7-12/h1-4,6-7,9-10H,5,8,11H2. The van der Waals surface area contributed by atoms with Gasteiger partial charge in [0.2, 0.25) is 0 Å². The summed E-state index contributed by atoms with van der Waals surface area (Å²) in [5, 5.41) is 1.73. The van der Waals surface area contributed by atoms with E-state index in [-0.39, 0.29) is 0 Å². The molecule has 0 saturated carbocycles. The van der Waals surface area contributed by atoms with E-state index in [2.05, 4.69) is 15.9 Å². The lowest BCUT2D eigenvalue weighted by Gasteiger charge is -2.12. The highest BCUT2D eigenvalue weighted by Gasteiger charge is 2.08. The molecule has 0 N–H and O–H groups in total. The Morgan fingerprint density at radius 2 is 1.78 bits per heavy atom. The van der Waals surface area contributed by atoms with Crippen LogP contribution in [-0.2, 0) is 6.42 Å². The molecule has 0 unspecified atom stereocenters. The van der Waals surface area contributed by atoms with Crippen LogP contribution in [0.1, 0.15) is 12.0 Å². The number of benzene rings is 2. The van der Waals surface area contributed by atoms with Crippen molar-refractivity contribution in [2.24, 2.45) is 0 Å². The predicted octanol–water partition coefficient (Wildman–Crippen LogP) is 5.46. The van der Waals surface area contributed by atoms with Crippen LogP contribution in [0.25, 0.3) is 0 Å². The number of alkyl halides is 1.